The van der Waals surface area contributed by atoms with Crippen LogP contribution in [0.1, 0.15) is 44.2 Å². The Labute approximate surface area is 188 Å². The van der Waals surface area contributed by atoms with Gasteiger partial charge in [-0.25, -0.2) is 18.5 Å². The lowest BCUT2D eigenvalue weighted by atomic mass is 10.0. The van der Waals surface area contributed by atoms with Crippen molar-refractivity contribution in [2.45, 2.75) is 56.8 Å². The van der Waals surface area contributed by atoms with Crippen molar-refractivity contribution in [3.63, 3.8) is 0 Å². The number of thioether (sulfide) groups is 1. The molecule has 3 heterocycles. The Bertz CT molecular complexity index is 1080. The summed E-state index contributed by atoms with van der Waals surface area (Å²) in [7, 11) is -3.50. The number of rotatable bonds is 7. The van der Waals surface area contributed by atoms with E-state index in [0.29, 0.717) is 13.0 Å². The average Bonchev–Trinajstić information content (AvgIpc) is 3.24. The normalized spacial score (nSPS) is 20.5. The molecule has 168 valence electrons. The van der Waals surface area contributed by atoms with E-state index in [-0.39, 0.29) is 11.3 Å². The molecular weight excluding hydrogens is 432 g/mol. The van der Waals surface area contributed by atoms with E-state index in [0.717, 1.165) is 48.0 Å². The Hall–Kier alpha value is -1.97. The smallest absolute Gasteiger partial charge is 0.209 e. The quantitative estimate of drug-likeness (QED) is 0.646. The summed E-state index contributed by atoms with van der Waals surface area (Å²) in [6.07, 6.45) is 5.21. The second-order valence-electron chi connectivity index (χ2n) is 8.28. The van der Waals surface area contributed by atoms with E-state index in [4.69, 9.17) is 14.9 Å². The van der Waals surface area contributed by atoms with E-state index in [2.05, 4.69) is 43.1 Å². The molecule has 1 unspecified atom stereocenters. The molecule has 3 N–H and O–H groups in total. The maximum absolute atomic E-state index is 11.5. The molecule has 7 nitrogen and oxygen atoms in total. The fraction of sp³-hybridized carbons (Fsp3) is 0.500. The minimum absolute atomic E-state index is 0.0477. The highest BCUT2D eigenvalue weighted by molar-refractivity contribution is 8.00. The summed E-state index contributed by atoms with van der Waals surface area (Å²) in [5.74, 6) is 1.79. The zero-order valence-corrected chi connectivity index (χ0v) is 19.9. The topological polar surface area (TPSA) is 97.0 Å². The van der Waals surface area contributed by atoms with E-state index < -0.39 is 10.0 Å². The van der Waals surface area contributed by atoms with Crippen LogP contribution < -0.4 is 15.2 Å². The number of aliphatic imine (C=N–C) groups is 1. The maximum atomic E-state index is 11.5. The number of nitrogens with zero attached hydrogens (tertiary/aromatic N) is 2. The van der Waals surface area contributed by atoms with Crippen LogP contribution in [0.3, 0.4) is 0 Å². The lowest BCUT2D eigenvalue weighted by molar-refractivity contribution is 0.356. The van der Waals surface area contributed by atoms with Crippen molar-refractivity contribution in [2.75, 3.05) is 18.9 Å². The lowest BCUT2D eigenvalue weighted by Gasteiger charge is -2.25. The minimum Gasteiger partial charge on any atom is -0.493 e. The number of hydrogen-bond acceptors (Lipinski definition) is 7. The molecule has 0 radical (unpaired) electrons. The van der Waals surface area contributed by atoms with Crippen molar-refractivity contribution in [2.24, 2.45) is 10.1 Å². The number of benzene rings is 1. The van der Waals surface area contributed by atoms with Gasteiger partial charge in [0.05, 0.1) is 18.1 Å². The zero-order chi connectivity index (χ0) is 22.2. The molecule has 9 heteroatoms. The maximum Gasteiger partial charge on any atom is 0.209 e. The van der Waals surface area contributed by atoms with Crippen LogP contribution in [0.2, 0.25) is 0 Å². The Kier molecular flexibility index (Phi) is 6.37. The number of hydrogen-bond donors (Lipinski definition) is 2. The number of amidine groups is 1. The zero-order valence-electron chi connectivity index (χ0n) is 18.3. The molecule has 1 aromatic rings. The summed E-state index contributed by atoms with van der Waals surface area (Å²) in [5.41, 5.74) is 5.97. The van der Waals surface area contributed by atoms with E-state index in [9.17, 15) is 8.42 Å². The molecule has 0 bridgehead atoms. The SMILES string of the molecule is CCC1=CN=C2C(=C(C)C1)NC(Sc1cc3c(cc1C)CCO3)N2CCCS(N)(=O)=O. The number of nitrogens with two attached hydrogens (primary N) is 1. The van der Waals surface area contributed by atoms with Gasteiger partial charge in [0.25, 0.3) is 0 Å². The van der Waals surface area contributed by atoms with Crippen LogP contribution in [-0.4, -0.2) is 43.6 Å². The molecular formula is C22H30N4O3S2. The predicted molar refractivity (Wildman–Crippen MR) is 126 cm³/mol. The van der Waals surface area contributed by atoms with Crippen molar-refractivity contribution >= 4 is 27.6 Å². The molecule has 3 aliphatic rings. The molecule has 0 aliphatic carbocycles. The van der Waals surface area contributed by atoms with Gasteiger partial charge in [0.15, 0.2) is 11.3 Å². The van der Waals surface area contributed by atoms with Crippen LogP contribution in [0, 0.1) is 6.92 Å². The Balaban J connectivity index is 1.63. The molecule has 0 amide bonds. The van der Waals surface area contributed by atoms with Gasteiger partial charge in [-0.2, -0.15) is 0 Å². The van der Waals surface area contributed by atoms with Crippen molar-refractivity contribution in [3.8, 4) is 5.75 Å². The first-order chi connectivity index (χ1) is 14.7. The lowest BCUT2D eigenvalue weighted by Crippen LogP contribution is -2.36. The molecule has 3 aliphatic heterocycles. The van der Waals surface area contributed by atoms with Crippen LogP contribution in [0.5, 0.6) is 5.75 Å². The highest BCUT2D eigenvalue weighted by atomic mass is 32.2. The monoisotopic (exact) mass is 462 g/mol. The largest absolute Gasteiger partial charge is 0.493 e. The van der Waals surface area contributed by atoms with Gasteiger partial charge < -0.3 is 15.0 Å². The fourth-order valence-electron chi connectivity index (χ4n) is 4.15. The van der Waals surface area contributed by atoms with E-state index in [1.807, 2.05) is 6.20 Å². The van der Waals surface area contributed by atoms with Crippen molar-refractivity contribution in [1.82, 2.24) is 10.2 Å². The number of fused-ring (bicyclic) bond motifs is 2. The van der Waals surface area contributed by atoms with Crippen molar-refractivity contribution in [1.29, 1.82) is 0 Å². The number of primary sulfonamides is 1. The third-order valence-corrected chi connectivity index (χ3v) is 7.99. The molecule has 1 atom stereocenters. The highest BCUT2D eigenvalue weighted by Gasteiger charge is 2.35. The summed E-state index contributed by atoms with van der Waals surface area (Å²) in [6, 6.07) is 4.33. The van der Waals surface area contributed by atoms with Gasteiger partial charge in [-0.05, 0) is 61.4 Å². The fourth-order valence-corrected chi connectivity index (χ4v) is 5.85. The van der Waals surface area contributed by atoms with Crippen LogP contribution in [0.4, 0.5) is 0 Å². The molecule has 0 spiro atoms. The first-order valence-electron chi connectivity index (χ1n) is 10.7. The van der Waals surface area contributed by atoms with Crippen LogP contribution >= 0.6 is 11.8 Å². The van der Waals surface area contributed by atoms with E-state index in [1.165, 1.54) is 22.3 Å². The van der Waals surface area contributed by atoms with Crippen molar-refractivity contribution < 1.29 is 13.2 Å². The van der Waals surface area contributed by atoms with E-state index >= 15 is 0 Å². The van der Waals surface area contributed by atoms with Gasteiger partial charge in [0.2, 0.25) is 10.0 Å². The molecule has 0 saturated carbocycles. The van der Waals surface area contributed by atoms with Gasteiger partial charge in [-0.3, -0.25) is 0 Å². The summed E-state index contributed by atoms with van der Waals surface area (Å²) in [5, 5.41) is 8.89. The van der Waals surface area contributed by atoms with E-state index in [1.54, 1.807) is 11.8 Å². The molecule has 0 aromatic heterocycles. The summed E-state index contributed by atoms with van der Waals surface area (Å²) >= 11 is 1.71. The summed E-state index contributed by atoms with van der Waals surface area (Å²) in [6.45, 7) is 7.68. The molecule has 4 rings (SSSR count). The number of sulfonamides is 1. The minimum atomic E-state index is -3.50. The molecule has 1 aromatic carbocycles. The first-order valence-corrected chi connectivity index (χ1v) is 13.3. The third kappa shape index (κ3) is 4.94. The highest BCUT2D eigenvalue weighted by Crippen LogP contribution is 2.38. The number of nitrogens with one attached hydrogen (secondary N) is 1. The van der Waals surface area contributed by atoms with Gasteiger partial charge in [0.1, 0.15) is 5.75 Å². The number of allylic oxidation sites excluding steroid dienone is 2. The third-order valence-electron chi connectivity index (χ3n) is 5.84. The van der Waals surface area contributed by atoms with Crippen LogP contribution in [0.15, 0.2) is 45.1 Å². The Morgan fingerprint density at radius 1 is 1.35 bits per heavy atom. The molecule has 1 fully saturated rings. The van der Waals surface area contributed by atoms with Crippen molar-refractivity contribution in [3.05, 3.63) is 46.3 Å². The molecule has 1 saturated heterocycles. The second-order valence-corrected chi connectivity index (χ2v) is 11.1. The van der Waals surface area contributed by atoms with Gasteiger partial charge in [0, 0.05) is 24.1 Å². The first kappa shape index (κ1) is 22.2. The van der Waals surface area contributed by atoms with Gasteiger partial charge >= 0.3 is 0 Å². The Morgan fingerprint density at radius 2 is 2.16 bits per heavy atom. The van der Waals surface area contributed by atoms with Crippen LogP contribution in [0.25, 0.3) is 0 Å². The summed E-state index contributed by atoms with van der Waals surface area (Å²) in [4.78, 5) is 8.11. The average molecular weight is 463 g/mol. The predicted octanol–water partition coefficient (Wildman–Crippen LogP) is 3.26. The van der Waals surface area contributed by atoms with Gasteiger partial charge in [-0.15, -0.1) is 0 Å². The molecule has 31 heavy (non-hydrogen) atoms. The number of aryl methyl sites for hydroxylation is 1. The van der Waals surface area contributed by atoms with Crippen LogP contribution in [-0.2, 0) is 16.4 Å². The van der Waals surface area contributed by atoms with Gasteiger partial charge in [-0.1, -0.05) is 24.8 Å². The summed E-state index contributed by atoms with van der Waals surface area (Å²) < 4.78 is 28.7. The number of ether oxygens (including phenoxy) is 1. The standard InChI is InChI=1S/C22H30N4O3S2/c1-4-16-10-15(3)20-21(24-13-16)26(7-5-9-31(23,27)28)22(25-20)30-19-12-18-17(6-8-29-18)11-14(19)2/h11-13,22,25H,4-10H2,1-3H3,(H2,23,27,28). The second kappa shape index (κ2) is 8.88. The Morgan fingerprint density at radius 3 is 2.90 bits per heavy atom.